The highest BCUT2D eigenvalue weighted by atomic mass is 32.2. The molecule has 4 atom stereocenters. The van der Waals surface area contributed by atoms with Gasteiger partial charge in [0.15, 0.2) is 0 Å². The zero-order valence-electron chi connectivity index (χ0n) is 12.5. The maximum atomic E-state index is 3.90. The molecule has 2 fully saturated rings. The Morgan fingerprint density at radius 1 is 1.17 bits per heavy atom. The topological polar surface area (TPSA) is 12.0 Å². The molecule has 1 N–H and O–H groups in total. The molecule has 1 saturated heterocycles. The van der Waals surface area contributed by atoms with E-state index in [0.29, 0.717) is 0 Å². The predicted molar refractivity (Wildman–Crippen MR) is 83.2 cm³/mol. The average molecular weight is 269 g/mol. The van der Waals surface area contributed by atoms with E-state index in [2.05, 4.69) is 37.8 Å². The molecule has 1 nitrogen and oxygen atoms in total. The summed E-state index contributed by atoms with van der Waals surface area (Å²) < 4.78 is 0. The Morgan fingerprint density at radius 2 is 1.89 bits per heavy atom. The van der Waals surface area contributed by atoms with Gasteiger partial charge in [0.25, 0.3) is 0 Å². The minimum absolute atomic E-state index is 0.794. The summed E-state index contributed by atoms with van der Waals surface area (Å²) in [6, 6.07) is 0.794. The summed E-state index contributed by atoms with van der Waals surface area (Å²) in [7, 11) is 0. The first kappa shape index (κ1) is 14.7. The van der Waals surface area contributed by atoms with E-state index < -0.39 is 0 Å². The largest absolute Gasteiger partial charge is 0.313 e. The van der Waals surface area contributed by atoms with E-state index in [-0.39, 0.29) is 0 Å². The lowest BCUT2D eigenvalue weighted by Gasteiger charge is -2.39. The van der Waals surface area contributed by atoms with Crippen LogP contribution in [0.3, 0.4) is 0 Å². The van der Waals surface area contributed by atoms with Crippen molar-refractivity contribution in [1.29, 1.82) is 0 Å². The molecule has 1 aliphatic carbocycles. The van der Waals surface area contributed by atoms with Crippen LogP contribution in [0.1, 0.15) is 59.3 Å². The Labute approximate surface area is 118 Å². The maximum absolute atomic E-state index is 3.90. The van der Waals surface area contributed by atoms with Gasteiger partial charge in [0, 0.05) is 11.3 Å². The average Bonchev–Trinajstić information content (AvgIpc) is 2.82. The van der Waals surface area contributed by atoms with Gasteiger partial charge >= 0.3 is 0 Å². The van der Waals surface area contributed by atoms with Gasteiger partial charge in [0.2, 0.25) is 0 Å². The van der Waals surface area contributed by atoms with Crippen LogP contribution in [0.25, 0.3) is 0 Å². The molecule has 4 unspecified atom stereocenters. The molecule has 106 valence electrons. The Morgan fingerprint density at radius 3 is 2.44 bits per heavy atom. The fourth-order valence-electron chi connectivity index (χ4n) is 4.10. The summed E-state index contributed by atoms with van der Waals surface area (Å²) in [5.74, 6) is 4.21. The van der Waals surface area contributed by atoms with Crippen LogP contribution in [0.2, 0.25) is 0 Å². The predicted octanol–water partition coefficient (Wildman–Crippen LogP) is 4.32. The van der Waals surface area contributed by atoms with Crippen molar-refractivity contribution < 1.29 is 0 Å². The van der Waals surface area contributed by atoms with Gasteiger partial charge in [-0.3, -0.25) is 0 Å². The molecule has 2 heteroatoms. The van der Waals surface area contributed by atoms with Crippen LogP contribution >= 0.6 is 11.8 Å². The molecule has 1 aliphatic heterocycles. The molecule has 2 rings (SSSR count). The summed E-state index contributed by atoms with van der Waals surface area (Å²) in [6.45, 7) is 8.42. The highest BCUT2D eigenvalue weighted by Crippen LogP contribution is 2.40. The number of hydrogen-bond donors (Lipinski definition) is 1. The van der Waals surface area contributed by atoms with Crippen LogP contribution in [0, 0.1) is 17.8 Å². The van der Waals surface area contributed by atoms with Crippen LogP contribution in [0.4, 0.5) is 0 Å². The second kappa shape index (κ2) is 7.19. The first-order valence-corrected chi connectivity index (χ1v) is 9.10. The molecule has 1 heterocycles. The highest BCUT2D eigenvalue weighted by Gasteiger charge is 2.35. The van der Waals surface area contributed by atoms with Gasteiger partial charge < -0.3 is 5.32 Å². The Balaban J connectivity index is 1.97. The molecule has 2 aliphatic rings. The SMILES string of the molecule is CCCNC(C1CC(C)CC(C)C1)C1CCCS1. The number of nitrogens with one attached hydrogen (secondary N) is 1. The summed E-state index contributed by atoms with van der Waals surface area (Å²) in [6.07, 6.45) is 8.54. The van der Waals surface area contributed by atoms with Crippen LogP contribution in [0.5, 0.6) is 0 Å². The molecule has 0 amide bonds. The van der Waals surface area contributed by atoms with Crippen molar-refractivity contribution in [3.05, 3.63) is 0 Å². The third-order valence-corrected chi connectivity index (χ3v) is 6.20. The van der Waals surface area contributed by atoms with E-state index in [9.17, 15) is 0 Å². The van der Waals surface area contributed by atoms with Crippen LogP contribution in [0.15, 0.2) is 0 Å². The van der Waals surface area contributed by atoms with Gasteiger partial charge in [-0.1, -0.05) is 20.8 Å². The zero-order chi connectivity index (χ0) is 13.0. The second-order valence-corrected chi connectivity index (χ2v) is 8.06. The van der Waals surface area contributed by atoms with Crippen molar-refractivity contribution in [1.82, 2.24) is 5.32 Å². The highest BCUT2D eigenvalue weighted by molar-refractivity contribution is 8.00. The van der Waals surface area contributed by atoms with Gasteiger partial charge in [-0.05, 0) is 68.6 Å². The molecule has 0 radical (unpaired) electrons. The van der Waals surface area contributed by atoms with Gasteiger partial charge in [0.1, 0.15) is 0 Å². The normalized spacial score (nSPS) is 38.8. The second-order valence-electron chi connectivity index (χ2n) is 6.71. The van der Waals surface area contributed by atoms with E-state index in [1.54, 1.807) is 0 Å². The van der Waals surface area contributed by atoms with E-state index in [4.69, 9.17) is 0 Å². The fraction of sp³-hybridized carbons (Fsp3) is 1.00. The lowest BCUT2D eigenvalue weighted by Crippen LogP contribution is -2.46. The van der Waals surface area contributed by atoms with Crippen LogP contribution in [-0.4, -0.2) is 23.6 Å². The third kappa shape index (κ3) is 3.90. The van der Waals surface area contributed by atoms with Gasteiger partial charge in [-0.15, -0.1) is 0 Å². The fourth-order valence-corrected chi connectivity index (χ4v) is 5.60. The quantitative estimate of drug-likeness (QED) is 0.797. The van der Waals surface area contributed by atoms with Crippen molar-refractivity contribution in [2.45, 2.75) is 70.6 Å². The number of hydrogen-bond acceptors (Lipinski definition) is 2. The lowest BCUT2D eigenvalue weighted by atomic mass is 9.73. The molecule has 0 spiro atoms. The van der Waals surface area contributed by atoms with Gasteiger partial charge in [-0.2, -0.15) is 11.8 Å². The van der Waals surface area contributed by atoms with E-state index in [0.717, 1.165) is 29.0 Å². The molecule has 0 bridgehead atoms. The smallest absolute Gasteiger partial charge is 0.0214 e. The van der Waals surface area contributed by atoms with Crippen molar-refractivity contribution in [2.75, 3.05) is 12.3 Å². The van der Waals surface area contributed by atoms with E-state index >= 15 is 0 Å². The van der Waals surface area contributed by atoms with Crippen molar-refractivity contribution in [3.63, 3.8) is 0 Å². The monoisotopic (exact) mass is 269 g/mol. The minimum atomic E-state index is 0.794. The molecule has 1 saturated carbocycles. The van der Waals surface area contributed by atoms with Crippen LogP contribution < -0.4 is 5.32 Å². The summed E-state index contributed by atoms with van der Waals surface area (Å²) in [4.78, 5) is 0. The first-order valence-electron chi connectivity index (χ1n) is 8.05. The molecule has 0 aromatic carbocycles. The van der Waals surface area contributed by atoms with Crippen molar-refractivity contribution >= 4 is 11.8 Å². The minimum Gasteiger partial charge on any atom is -0.313 e. The Kier molecular flexibility index (Phi) is 5.88. The summed E-state index contributed by atoms with van der Waals surface area (Å²) in [5, 5.41) is 4.80. The summed E-state index contributed by atoms with van der Waals surface area (Å²) in [5.41, 5.74) is 0. The molecule has 18 heavy (non-hydrogen) atoms. The van der Waals surface area contributed by atoms with Crippen molar-refractivity contribution in [2.24, 2.45) is 17.8 Å². The van der Waals surface area contributed by atoms with E-state index in [1.165, 1.54) is 50.8 Å². The first-order chi connectivity index (χ1) is 8.70. The molecular weight excluding hydrogens is 238 g/mol. The van der Waals surface area contributed by atoms with Crippen molar-refractivity contribution in [3.8, 4) is 0 Å². The molecule has 0 aromatic rings. The van der Waals surface area contributed by atoms with Crippen LogP contribution in [-0.2, 0) is 0 Å². The number of rotatable bonds is 5. The standard InChI is InChI=1S/C16H31NS/c1-4-7-17-16(15-6-5-8-18-15)14-10-12(2)9-13(3)11-14/h12-17H,4-11H2,1-3H3. The third-order valence-electron chi connectivity index (χ3n) is 4.72. The molecular formula is C16H31NS. The van der Waals surface area contributed by atoms with E-state index in [1.807, 2.05) is 0 Å². The Bertz CT molecular complexity index is 227. The lowest BCUT2D eigenvalue weighted by molar-refractivity contribution is 0.173. The van der Waals surface area contributed by atoms with Gasteiger partial charge in [-0.25, -0.2) is 0 Å². The van der Waals surface area contributed by atoms with Gasteiger partial charge in [0.05, 0.1) is 0 Å². The molecule has 0 aromatic heterocycles. The Hall–Kier alpha value is 0.310. The summed E-state index contributed by atoms with van der Waals surface area (Å²) >= 11 is 2.23. The maximum Gasteiger partial charge on any atom is 0.0214 e. The zero-order valence-corrected chi connectivity index (χ0v) is 13.3. The number of thioether (sulfide) groups is 1.